The van der Waals surface area contributed by atoms with E-state index in [-0.39, 0.29) is 17.4 Å². The fraction of sp³-hybridized carbons (Fsp3) is 0.333. The second-order valence-electron chi connectivity index (χ2n) is 8.04. The number of hydrogen-bond donors (Lipinski definition) is 2. The van der Waals surface area contributed by atoms with E-state index >= 15 is 0 Å². The van der Waals surface area contributed by atoms with Gasteiger partial charge in [0.25, 0.3) is 5.91 Å². The first-order valence-corrected chi connectivity index (χ1v) is 12.3. The van der Waals surface area contributed by atoms with E-state index in [1.54, 1.807) is 31.2 Å². The number of aromatic hydroxyl groups is 1. The Balaban J connectivity index is 1.47. The van der Waals surface area contributed by atoms with Gasteiger partial charge in [-0.15, -0.1) is 10.2 Å². The maximum atomic E-state index is 12.5. The number of carbonyl (C=O) groups is 1. The van der Waals surface area contributed by atoms with Crippen LogP contribution in [-0.2, 0) is 4.79 Å². The topological polar surface area (TPSA) is 92.4 Å². The lowest BCUT2D eigenvalue weighted by Gasteiger charge is -2.25. The van der Waals surface area contributed by atoms with Gasteiger partial charge in [0.2, 0.25) is 0 Å². The van der Waals surface area contributed by atoms with Crippen molar-refractivity contribution in [1.82, 2.24) is 20.2 Å². The highest BCUT2D eigenvalue weighted by molar-refractivity contribution is 7.99. The summed E-state index contributed by atoms with van der Waals surface area (Å²) in [6.07, 6.45) is 5.76. The number of thioether (sulfide) groups is 1. The fourth-order valence-electron chi connectivity index (χ4n) is 3.92. The SMILES string of the molecule is CC(=NNC(=O)CSc1nnc(-c2ccc(Cl)cc2)n1C1CCCCC1)c1ccc(O)cc1. The number of halogens is 1. The molecule has 1 aliphatic carbocycles. The fourth-order valence-corrected chi connectivity index (χ4v) is 4.84. The summed E-state index contributed by atoms with van der Waals surface area (Å²) in [7, 11) is 0. The minimum atomic E-state index is -0.218. The van der Waals surface area contributed by atoms with Crippen molar-refractivity contribution in [3.8, 4) is 17.1 Å². The molecule has 0 aliphatic heterocycles. The second kappa shape index (κ2) is 10.9. The minimum Gasteiger partial charge on any atom is -0.508 e. The Kier molecular flexibility index (Phi) is 7.67. The molecule has 3 aromatic rings. The van der Waals surface area contributed by atoms with Gasteiger partial charge in [0.05, 0.1) is 11.5 Å². The largest absolute Gasteiger partial charge is 0.508 e. The maximum Gasteiger partial charge on any atom is 0.250 e. The summed E-state index contributed by atoms with van der Waals surface area (Å²) in [5.74, 6) is 0.955. The lowest BCUT2D eigenvalue weighted by molar-refractivity contribution is -0.118. The lowest BCUT2D eigenvalue weighted by atomic mass is 9.95. The van der Waals surface area contributed by atoms with Crippen LogP contribution in [-0.4, -0.2) is 37.2 Å². The van der Waals surface area contributed by atoms with E-state index in [0.29, 0.717) is 16.8 Å². The van der Waals surface area contributed by atoms with Crippen molar-refractivity contribution in [2.75, 3.05) is 5.75 Å². The molecule has 1 heterocycles. The molecule has 0 atom stereocenters. The highest BCUT2D eigenvalue weighted by Gasteiger charge is 2.24. The molecule has 4 rings (SSSR count). The summed E-state index contributed by atoms with van der Waals surface area (Å²) in [5.41, 5.74) is 5.04. The standard InChI is InChI=1S/C24H26ClN5O2S/c1-16(17-9-13-21(31)14-10-17)26-27-22(32)15-33-24-29-28-23(18-7-11-19(25)12-8-18)30(24)20-5-3-2-4-6-20/h7-14,20,31H,2-6,15H2,1H3,(H,27,32). The third-order valence-corrected chi connectivity index (χ3v) is 6.87. The zero-order valence-corrected chi connectivity index (χ0v) is 19.9. The number of amides is 1. The van der Waals surface area contributed by atoms with E-state index in [4.69, 9.17) is 11.6 Å². The van der Waals surface area contributed by atoms with Crippen molar-refractivity contribution < 1.29 is 9.90 Å². The van der Waals surface area contributed by atoms with Gasteiger partial charge in [-0.2, -0.15) is 5.10 Å². The molecule has 1 aliphatic rings. The van der Waals surface area contributed by atoms with Crippen LogP contribution in [0.25, 0.3) is 11.4 Å². The average Bonchev–Trinajstić information content (AvgIpc) is 3.26. The quantitative estimate of drug-likeness (QED) is 0.265. The van der Waals surface area contributed by atoms with Gasteiger partial charge < -0.3 is 5.11 Å². The Morgan fingerprint density at radius 2 is 1.82 bits per heavy atom. The van der Waals surface area contributed by atoms with Gasteiger partial charge in [-0.3, -0.25) is 9.36 Å². The first kappa shape index (κ1) is 23.3. The van der Waals surface area contributed by atoms with Crippen molar-refractivity contribution in [2.24, 2.45) is 5.10 Å². The lowest BCUT2D eigenvalue weighted by Crippen LogP contribution is -2.22. The zero-order chi connectivity index (χ0) is 23.2. The first-order chi connectivity index (χ1) is 16.0. The third-order valence-electron chi connectivity index (χ3n) is 5.67. The van der Waals surface area contributed by atoms with E-state index in [2.05, 4.69) is 25.3 Å². The molecule has 2 aromatic carbocycles. The number of hydrazone groups is 1. The number of benzene rings is 2. The highest BCUT2D eigenvalue weighted by atomic mass is 35.5. The molecular formula is C24H26ClN5O2S. The molecule has 1 aromatic heterocycles. The number of nitrogens with zero attached hydrogens (tertiary/aromatic N) is 4. The van der Waals surface area contributed by atoms with Crippen LogP contribution in [0, 0.1) is 0 Å². The predicted molar refractivity (Wildman–Crippen MR) is 132 cm³/mol. The Labute approximate surface area is 202 Å². The van der Waals surface area contributed by atoms with Crippen LogP contribution in [0.4, 0.5) is 0 Å². The van der Waals surface area contributed by atoms with Crippen molar-refractivity contribution in [2.45, 2.75) is 50.2 Å². The van der Waals surface area contributed by atoms with Gasteiger partial charge in [0.15, 0.2) is 11.0 Å². The Morgan fingerprint density at radius 3 is 2.52 bits per heavy atom. The average molecular weight is 484 g/mol. The van der Waals surface area contributed by atoms with Crippen LogP contribution in [0.15, 0.2) is 58.8 Å². The van der Waals surface area contributed by atoms with Gasteiger partial charge in [0, 0.05) is 16.6 Å². The Morgan fingerprint density at radius 1 is 1.12 bits per heavy atom. The molecule has 172 valence electrons. The molecule has 9 heteroatoms. The van der Waals surface area contributed by atoms with Crippen LogP contribution in [0.2, 0.25) is 5.02 Å². The first-order valence-electron chi connectivity index (χ1n) is 11.0. The predicted octanol–water partition coefficient (Wildman–Crippen LogP) is 5.44. The van der Waals surface area contributed by atoms with Gasteiger partial charge in [-0.1, -0.05) is 42.6 Å². The van der Waals surface area contributed by atoms with E-state index in [1.165, 1.54) is 31.0 Å². The van der Waals surface area contributed by atoms with E-state index in [0.717, 1.165) is 34.9 Å². The maximum absolute atomic E-state index is 12.5. The molecule has 0 radical (unpaired) electrons. The number of nitrogens with one attached hydrogen (secondary N) is 1. The number of rotatable bonds is 7. The molecule has 1 amide bonds. The summed E-state index contributed by atoms with van der Waals surface area (Å²) in [5, 5.41) is 23.9. The normalized spacial score (nSPS) is 14.9. The van der Waals surface area contributed by atoms with Crippen LogP contribution in [0.5, 0.6) is 5.75 Å². The number of carbonyl (C=O) groups excluding carboxylic acids is 1. The summed E-state index contributed by atoms with van der Waals surface area (Å²) in [6.45, 7) is 1.80. The van der Waals surface area contributed by atoms with Crippen LogP contribution < -0.4 is 5.43 Å². The zero-order valence-electron chi connectivity index (χ0n) is 18.4. The molecule has 0 bridgehead atoms. The minimum absolute atomic E-state index is 0.178. The van der Waals surface area contributed by atoms with Gasteiger partial charge in [-0.25, -0.2) is 5.43 Å². The second-order valence-corrected chi connectivity index (χ2v) is 9.42. The van der Waals surface area contributed by atoms with Crippen LogP contribution in [0.3, 0.4) is 0 Å². The molecule has 1 fully saturated rings. The van der Waals surface area contributed by atoms with Crippen LogP contribution in [0.1, 0.15) is 50.6 Å². The van der Waals surface area contributed by atoms with Crippen molar-refractivity contribution in [3.63, 3.8) is 0 Å². The van der Waals surface area contributed by atoms with E-state index in [1.807, 2.05) is 24.3 Å². The van der Waals surface area contributed by atoms with Crippen molar-refractivity contribution in [1.29, 1.82) is 0 Å². The number of hydrogen-bond acceptors (Lipinski definition) is 6. The number of aromatic nitrogens is 3. The third kappa shape index (κ3) is 5.94. The molecule has 0 spiro atoms. The molecule has 0 saturated heterocycles. The summed E-state index contributed by atoms with van der Waals surface area (Å²) in [4.78, 5) is 12.5. The highest BCUT2D eigenvalue weighted by Crippen LogP contribution is 2.35. The summed E-state index contributed by atoms with van der Waals surface area (Å²) < 4.78 is 2.19. The Bertz CT molecular complexity index is 1120. The molecule has 7 nitrogen and oxygen atoms in total. The molecule has 33 heavy (non-hydrogen) atoms. The van der Waals surface area contributed by atoms with Gasteiger partial charge in [0.1, 0.15) is 5.75 Å². The Hall–Kier alpha value is -2.84. The summed E-state index contributed by atoms with van der Waals surface area (Å²) in [6, 6.07) is 14.6. The van der Waals surface area contributed by atoms with Crippen molar-refractivity contribution in [3.05, 3.63) is 59.1 Å². The molecule has 2 N–H and O–H groups in total. The number of phenolic OH excluding ortho intramolecular Hbond substituents is 1. The van der Waals surface area contributed by atoms with E-state index in [9.17, 15) is 9.90 Å². The smallest absolute Gasteiger partial charge is 0.250 e. The van der Waals surface area contributed by atoms with Gasteiger partial charge >= 0.3 is 0 Å². The van der Waals surface area contributed by atoms with Crippen molar-refractivity contribution >= 4 is 35.0 Å². The van der Waals surface area contributed by atoms with Crippen LogP contribution >= 0.6 is 23.4 Å². The molecule has 1 saturated carbocycles. The van der Waals surface area contributed by atoms with Gasteiger partial charge in [-0.05, 0) is 73.9 Å². The number of phenols is 1. The summed E-state index contributed by atoms with van der Waals surface area (Å²) >= 11 is 7.43. The van der Waals surface area contributed by atoms with E-state index < -0.39 is 0 Å². The molecular weight excluding hydrogens is 458 g/mol. The monoisotopic (exact) mass is 483 g/mol. The molecule has 0 unspecified atom stereocenters.